The highest BCUT2D eigenvalue weighted by Gasteiger charge is 2.07. The Kier molecular flexibility index (Phi) is 6.79. The van der Waals surface area contributed by atoms with Crippen LogP contribution in [0.1, 0.15) is 12.0 Å². The molecule has 0 aromatic carbocycles. The van der Waals surface area contributed by atoms with E-state index in [1.807, 2.05) is 0 Å². The Bertz CT molecular complexity index is 432. The minimum atomic E-state index is -2.54. The predicted molar refractivity (Wildman–Crippen MR) is 65.2 cm³/mol. The summed E-state index contributed by atoms with van der Waals surface area (Å²) in [6.07, 6.45) is -2.55. The Hall–Kier alpha value is -1.15. The molecule has 1 rings (SSSR count). The molecular weight excluding hydrogens is 329 g/mol. The molecule has 0 aliphatic carbocycles. The van der Waals surface area contributed by atoms with Crippen LogP contribution in [0.4, 0.5) is 13.2 Å². The number of pyridine rings is 1. The standard InChI is InChI=1S/C11H12BrF3N2O2/c12-11-7(1-2-9(15)17-11)5-16-10(18)3-4-19-6-8(13)14/h1-2,8H,3-6H2,(H,16,18). The van der Waals surface area contributed by atoms with Crippen LogP contribution >= 0.6 is 15.9 Å². The van der Waals surface area contributed by atoms with Crippen molar-refractivity contribution in [1.29, 1.82) is 0 Å². The van der Waals surface area contributed by atoms with Gasteiger partial charge in [0.2, 0.25) is 11.9 Å². The maximum atomic E-state index is 12.7. The molecule has 0 aliphatic rings. The van der Waals surface area contributed by atoms with Crippen molar-refractivity contribution >= 4 is 21.8 Å². The van der Waals surface area contributed by atoms with Crippen LogP contribution in [0.25, 0.3) is 0 Å². The molecule has 1 amide bonds. The molecule has 0 spiro atoms. The van der Waals surface area contributed by atoms with E-state index in [2.05, 4.69) is 31.0 Å². The van der Waals surface area contributed by atoms with Gasteiger partial charge < -0.3 is 10.1 Å². The number of amides is 1. The first-order chi connectivity index (χ1) is 8.99. The van der Waals surface area contributed by atoms with Crippen molar-refractivity contribution in [2.45, 2.75) is 19.4 Å². The van der Waals surface area contributed by atoms with Gasteiger partial charge in [-0.2, -0.15) is 4.39 Å². The molecule has 0 saturated heterocycles. The van der Waals surface area contributed by atoms with E-state index in [9.17, 15) is 18.0 Å². The smallest absolute Gasteiger partial charge is 0.261 e. The fourth-order valence-corrected chi connectivity index (χ4v) is 1.63. The molecule has 0 saturated carbocycles. The Morgan fingerprint density at radius 1 is 1.47 bits per heavy atom. The largest absolute Gasteiger partial charge is 0.375 e. The molecule has 0 unspecified atom stereocenters. The number of nitrogens with zero attached hydrogens (tertiary/aromatic N) is 1. The second-order valence-corrected chi connectivity index (χ2v) is 4.33. The van der Waals surface area contributed by atoms with Crippen LogP contribution in [0.3, 0.4) is 0 Å². The average Bonchev–Trinajstić information content (AvgIpc) is 2.33. The van der Waals surface area contributed by atoms with Gasteiger partial charge in [-0.15, -0.1) is 0 Å². The Labute approximate surface area is 116 Å². The lowest BCUT2D eigenvalue weighted by Crippen LogP contribution is -2.24. The van der Waals surface area contributed by atoms with Gasteiger partial charge in [-0.1, -0.05) is 6.07 Å². The molecule has 0 atom stereocenters. The van der Waals surface area contributed by atoms with E-state index < -0.39 is 19.0 Å². The van der Waals surface area contributed by atoms with Crippen molar-refractivity contribution < 1.29 is 22.7 Å². The van der Waals surface area contributed by atoms with Crippen molar-refractivity contribution in [1.82, 2.24) is 10.3 Å². The quantitative estimate of drug-likeness (QED) is 0.612. The van der Waals surface area contributed by atoms with Crippen LogP contribution in [-0.4, -0.2) is 30.5 Å². The molecule has 0 aliphatic heterocycles. The number of halogens is 4. The lowest BCUT2D eigenvalue weighted by Gasteiger charge is -2.07. The molecule has 4 nitrogen and oxygen atoms in total. The molecule has 106 valence electrons. The summed E-state index contributed by atoms with van der Waals surface area (Å²) in [4.78, 5) is 14.9. The van der Waals surface area contributed by atoms with Gasteiger partial charge in [0.25, 0.3) is 6.43 Å². The third-order valence-corrected chi connectivity index (χ3v) is 2.77. The number of ether oxygens (including phenoxy) is 1. The summed E-state index contributed by atoms with van der Waals surface area (Å²) >= 11 is 3.07. The van der Waals surface area contributed by atoms with Crippen molar-refractivity contribution in [2.75, 3.05) is 13.2 Å². The minimum absolute atomic E-state index is 0.0149. The van der Waals surface area contributed by atoms with E-state index >= 15 is 0 Å². The third kappa shape index (κ3) is 6.53. The number of alkyl halides is 2. The maximum Gasteiger partial charge on any atom is 0.261 e. The van der Waals surface area contributed by atoms with E-state index in [1.165, 1.54) is 12.1 Å². The zero-order chi connectivity index (χ0) is 14.3. The number of hydrogen-bond acceptors (Lipinski definition) is 3. The molecule has 8 heteroatoms. The van der Waals surface area contributed by atoms with Gasteiger partial charge in [0, 0.05) is 18.5 Å². The summed E-state index contributed by atoms with van der Waals surface area (Å²) in [6, 6.07) is 2.66. The Morgan fingerprint density at radius 2 is 2.21 bits per heavy atom. The maximum absolute atomic E-state index is 12.7. The second kappa shape index (κ2) is 8.11. The minimum Gasteiger partial charge on any atom is -0.375 e. The lowest BCUT2D eigenvalue weighted by molar-refractivity contribution is -0.122. The summed E-state index contributed by atoms with van der Waals surface area (Å²) < 4.78 is 41.1. The van der Waals surface area contributed by atoms with Crippen LogP contribution in [0, 0.1) is 5.95 Å². The van der Waals surface area contributed by atoms with Crippen molar-refractivity contribution in [2.24, 2.45) is 0 Å². The van der Waals surface area contributed by atoms with Gasteiger partial charge in [0.15, 0.2) is 0 Å². The molecule has 0 fully saturated rings. The molecule has 1 heterocycles. The van der Waals surface area contributed by atoms with E-state index in [0.717, 1.165) is 0 Å². The number of nitrogens with one attached hydrogen (secondary N) is 1. The highest BCUT2D eigenvalue weighted by atomic mass is 79.9. The van der Waals surface area contributed by atoms with Gasteiger partial charge in [0.05, 0.1) is 6.61 Å². The number of carbonyl (C=O) groups is 1. The summed E-state index contributed by atoms with van der Waals surface area (Å²) in [7, 11) is 0. The second-order valence-electron chi connectivity index (χ2n) is 3.58. The lowest BCUT2D eigenvalue weighted by atomic mass is 10.3. The zero-order valence-corrected chi connectivity index (χ0v) is 11.4. The Balaban J connectivity index is 2.26. The summed E-state index contributed by atoms with van der Waals surface area (Å²) in [6.45, 7) is -0.582. The summed E-state index contributed by atoms with van der Waals surface area (Å²) in [5, 5.41) is 2.55. The van der Waals surface area contributed by atoms with Crippen molar-refractivity contribution in [3.63, 3.8) is 0 Å². The van der Waals surface area contributed by atoms with Gasteiger partial charge in [-0.25, -0.2) is 13.8 Å². The van der Waals surface area contributed by atoms with Crippen LogP contribution in [0.15, 0.2) is 16.7 Å². The van der Waals surface area contributed by atoms with E-state index in [1.54, 1.807) is 0 Å². The van der Waals surface area contributed by atoms with Crippen molar-refractivity contribution in [3.8, 4) is 0 Å². The first-order valence-electron chi connectivity index (χ1n) is 5.42. The third-order valence-electron chi connectivity index (χ3n) is 2.09. The fourth-order valence-electron chi connectivity index (χ4n) is 1.19. The van der Waals surface area contributed by atoms with Gasteiger partial charge in [0.1, 0.15) is 11.2 Å². The van der Waals surface area contributed by atoms with E-state index in [4.69, 9.17) is 0 Å². The molecule has 0 bridgehead atoms. The van der Waals surface area contributed by atoms with E-state index in [0.29, 0.717) is 10.2 Å². The first-order valence-corrected chi connectivity index (χ1v) is 6.22. The topological polar surface area (TPSA) is 51.2 Å². The van der Waals surface area contributed by atoms with Crippen LogP contribution in [0.5, 0.6) is 0 Å². The number of hydrogen-bond donors (Lipinski definition) is 1. The van der Waals surface area contributed by atoms with E-state index in [-0.39, 0.29) is 25.5 Å². The molecule has 1 aromatic rings. The summed E-state index contributed by atoms with van der Waals surface area (Å²) in [5.74, 6) is -0.965. The normalized spacial score (nSPS) is 10.8. The number of aromatic nitrogens is 1. The summed E-state index contributed by atoms with van der Waals surface area (Å²) in [5.41, 5.74) is 0.614. The number of rotatable bonds is 7. The fraction of sp³-hybridized carbons (Fsp3) is 0.455. The van der Waals surface area contributed by atoms with Crippen molar-refractivity contribution in [3.05, 3.63) is 28.2 Å². The predicted octanol–water partition coefficient (Wildman–Crippen LogP) is 2.27. The van der Waals surface area contributed by atoms with Crippen LogP contribution in [0.2, 0.25) is 0 Å². The van der Waals surface area contributed by atoms with Crippen LogP contribution in [-0.2, 0) is 16.1 Å². The Morgan fingerprint density at radius 3 is 2.84 bits per heavy atom. The highest BCUT2D eigenvalue weighted by Crippen LogP contribution is 2.13. The molecule has 1 aromatic heterocycles. The monoisotopic (exact) mass is 340 g/mol. The molecule has 19 heavy (non-hydrogen) atoms. The van der Waals surface area contributed by atoms with Crippen LogP contribution < -0.4 is 5.32 Å². The molecule has 1 N–H and O–H groups in total. The van der Waals surface area contributed by atoms with Gasteiger partial charge in [-0.05, 0) is 22.0 Å². The zero-order valence-electron chi connectivity index (χ0n) is 9.84. The van der Waals surface area contributed by atoms with Gasteiger partial charge in [-0.3, -0.25) is 4.79 Å². The molecular formula is C11H12BrF3N2O2. The highest BCUT2D eigenvalue weighted by molar-refractivity contribution is 9.10. The average molecular weight is 341 g/mol. The molecule has 0 radical (unpaired) electrons. The SMILES string of the molecule is O=C(CCOCC(F)F)NCc1ccc(F)nc1Br. The van der Waals surface area contributed by atoms with Gasteiger partial charge >= 0.3 is 0 Å². The first kappa shape index (κ1) is 15.9. The number of carbonyl (C=O) groups excluding carboxylic acids is 1.